The van der Waals surface area contributed by atoms with Crippen molar-refractivity contribution in [2.75, 3.05) is 13.2 Å². The highest BCUT2D eigenvalue weighted by Crippen LogP contribution is 2.28. The lowest BCUT2D eigenvalue weighted by Crippen LogP contribution is -2.19. The maximum Gasteiger partial charge on any atom is 0.126 e. The first-order valence-electron chi connectivity index (χ1n) is 7.04. The van der Waals surface area contributed by atoms with E-state index in [9.17, 15) is 0 Å². The van der Waals surface area contributed by atoms with E-state index in [0.717, 1.165) is 40.9 Å². The zero-order valence-corrected chi connectivity index (χ0v) is 14.1. The molecule has 110 valence electrons. The van der Waals surface area contributed by atoms with Gasteiger partial charge in [0.1, 0.15) is 5.75 Å². The molecule has 0 heterocycles. The summed E-state index contributed by atoms with van der Waals surface area (Å²) in [6, 6.07) is 6.30. The van der Waals surface area contributed by atoms with Crippen LogP contribution in [0.2, 0.25) is 0 Å². The fourth-order valence-corrected chi connectivity index (χ4v) is 2.58. The van der Waals surface area contributed by atoms with Crippen molar-refractivity contribution in [1.82, 2.24) is 5.32 Å². The van der Waals surface area contributed by atoms with Gasteiger partial charge < -0.3 is 10.1 Å². The van der Waals surface area contributed by atoms with Gasteiger partial charge in [0.05, 0.1) is 12.7 Å². The number of unbranched alkanes of at least 4 members (excludes halogenated alkanes) is 1. The van der Waals surface area contributed by atoms with Crippen molar-refractivity contribution in [3.63, 3.8) is 0 Å². The average molecular weight is 339 g/mol. The van der Waals surface area contributed by atoms with Gasteiger partial charge in [-0.1, -0.05) is 29.8 Å². The number of rotatable bonds is 8. The first kappa shape index (κ1) is 17.0. The number of hydrogen-bond donors (Lipinski definition) is 1. The molecule has 0 amide bonds. The van der Waals surface area contributed by atoms with Crippen LogP contribution >= 0.6 is 15.9 Å². The van der Waals surface area contributed by atoms with Gasteiger partial charge in [0.2, 0.25) is 0 Å². The summed E-state index contributed by atoms with van der Waals surface area (Å²) in [5, 5.41) is 12.0. The van der Waals surface area contributed by atoms with Gasteiger partial charge in [-0.2, -0.15) is 5.26 Å². The highest BCUT2D eigenvalue weighted by Gasteiger charge is 2.09. The topological polar surface area (TPSA) is 45.0 Å². The van der Waals surface area contributed by atoms with Crippen LogP contribution in [0.1, 0.15) is 37.8 Å². The minimum Gasteiger partial charge on any atom is -0.493 e. The summed E-state index contributed by atoms with van der Waals surface area (Å²) >= 11 is 3.53. The van der Waals surface area contributed by atoms with Crippen LogP contribution in [0.4, 0.5) is 0 Å². The summed E-state index contributed by atoms with van der Waals surface area (Å²) in [5.74, 6) is 1.57. The quantitative estimate of drug-likeness (QED) is 0.723. The molecule has 0 fully saturated rings. The molecule has 0 saturated carbocycles. The highest BCUT2D eigenvalue weighted by atomic mass is 79.9. The summed E-state index contributed by atoms with van der Waals surface area (Å²) in [5.41, 5.74) is 2.28. The average Bonchev–Trinajstić information content (AvgIpc) is 2.36. The Kier molecular flexibility index (Phi) is 7.64. The van der Waals surface area contributed by atoms with E-state index >= 15 is 0 Å². The fourth-order valence-electron chi connectivity index (χ4n) is 1.96. The van der Waals surface area contributed by atoms with E-state index in [1.165, 1.54) is 0 Å². The first-order chi connectivity index (χ1) is 9.54. The summed E-state index contributed by atoms with van der Waals surface area (Å²) in [4.78, 5) is 0. The molecule has 3 nitrogen and oxygen atoms in total. The van der Waals surface area contributed by atoms with Crippen molar-refractivity contribution in [2.45, 2.75) is 40.2 Å². The van der Waals surface area contributed by atoms with Gasteiger partial charge in [-0.3, -0.25) is 0 Å². The Bertz CT molecular complexity index is 466. The molecule has 0 aliphatic rings. The molecule has 20 heavy (non-hydrogen) atoms. The highest BCUT2D eigenvalue weighted by molar-refractivity contribution is 9.10. The van der Waals surface area contributed by atoms with E-state index in [1.54, 1.807) is 0 Å². The molecule has 4 heteroatoms. The van der Waals surface area contributed by atoms with Gasteiger partial charge in [0.25, 0.3) is 0 Å². The van der Waals surface area contributed by atoms with Crippen LogP contribution in [0.5, 0.6) is 5.75 Å². The second-order valence-electron chi connectivity index (χ2n) is 5.35. The largest absolute Gasteiger partial charge is 0.493 e. The number of ether oxygens (including phenoxy) is 1. The van der Waals surface area contributed by atoms with E-state index in [-0.39, 0.29) is 0 Å². The normalized spacial score (nSPS) is 10.6. The second kappa shape index (κ2) is 8.99. The Morgan fingerprint density at radius 2 is 2.15 bits per heavy atom. The Hall–Kier alpha value is -1.05. The second-order valence-corrected chi connectivity index (χ2v) is 6.26. The van der Waals surface area contributed by atoms with E-state index < -0.39 is 0 Å². The number of nitrogens with one attached hydrogen (secondary N) is 1. The smallest absolute Gasteiger partial charge is 0.126 e. The maximum atomic E-state index is 8.56. The van der Waals surface area contributed by atoms with Gasteiger partial charge in [0, 0.05) is 23.0 Å². The first-order valence-corrected chi connectivity index (χ1v) is 7.83. The van der Waals surface area contributed by atoms with Crippen molar-refractivity contribution in [3.8, 4) is 11.8 Å². The summed E-state index contributed by atoms with van der Waals surface area (Å²) < 4.78 is 6.94. The number of nitrogens with zero attached hydrogens (tertiary/aromatic N) is 1. The third-order valence-corrected chi connectivity index (χ3v) is 3.32. The third-order valence-electron chi connectivity index (χ3n) is 2.86. The molecular formula is C16H23BrN2O. The van der Waals surface area contributed by atoms with Crippen LogP contribution in [-0.4, -0.2) is 13.2 Å². The molecular weight excluding hydrogens is 316 g/mol. The monoisotopic (exact) mass is 338 g/mol. The van der Waals surface area contributed by atoms with Crippen LogP contribution in [0.15, 0.2) is 16.6 Å². The van der Waals surface area contributed by atoms with Crippen molar-refractivity contribution in [3.05, 3.63) is 27.7 Å². The van der Waals surface area contributed by atoms with Gasteiger partial charge in [0.15, 0.2) is 0 Å². The predicted octanol–water partition coefficient (Wildman–Crippen LogP) is 4.19. The van der Waals surface area contributed by atoms with Crippen LogP contribution in [0, 0.1) is 24.2 Å². The zero-order valence-electron chi connectivity index (χ0n) is 12.5. The standard InChI is InChI=1S/C16H23BrN2O/c1-12(2)10-19-11-14-9-15(17)8-13(3)16(14)20-7-5-4-6-18/h8-9,12,19H,4-5,7,10-11H2,1-3H3. The number of benzene rings is 1. The number of halogens is 1. The molecule has 1 N–H and O–H groups in total. The molecule has 1 aromatic rings. The number of aryl methyl sites for hydroxylation is 1. The van der Waals surface area contributed by atoms with Gasteiger partial charge in [-0.15, -0.1) is 0 Å². The molecule has 0 bridgehead atoms. The number of hydrogen-bond acceptors (Lipinski definition) is 3. The van der Waals surface area contributed by atoms with Gasteiger partial charge in [-0.05, 0) is 43.5 Å². The summed E-state index contributed by atoms with van der Waals surface area (Å²) in [6.45, 7) is 8.81. The van der Waals surface area contributed by atoms with Crippen LogP contribution < -0.4 is 10.1 Å². The molecule has 0 aliphatic carbocycles. The lowest BCUT2D eigenvalue weighted by atomic mass is 10.1. The molecule has 0 spiro atoms. The Balaban J connectivity index is 2.71. The predicted molar refractivity (Wildman–Crippen MR) is 85.8 cm³/mol. The Labute approximate surface area is 130 Å². The van der Waals surface area contributed by atoms with Crippen LogP contribution in [0.3, 0.4) is 0 Å². The molecule has 0 saturated heterocycles. The van der Waals surface area contributed by atoms with E-state index in [1.807, 2.05) is 0 Å². The van der Waals surface area contributed by atoms with E-state index in [0.29, 0.717) is 18.9 Å². The van der Waals surface area contributed by atoms with E-state index in [4.69, 9.17) is 10.00 Å². The molecule has 0 radical (unpaired) electrons. The fraction of sp³-hybridized carbons (Fsp3) is 0.562. The lowest BCUT2D eigenvalue weighted by Gasteiger charge is -2.16. The van der Waals surface area contributed by atoms with Crippen molar-refractivity contribution in [2.24, 2.45) is 5.92 Å². The number of nitriles is 1. The minimum atomic E-state index is 0.538. The molecule has 0 unspecified atom stereocenters. The molecule has 0 atom stereocenters. The molecule has 1 aromatic carbocycles. The third kappa shape index (κ3) is 5.94. The summed E-state index contributed by atoms with van der Waals surface area (Å²) in [7, 11) is 0. The summed E-state index contributed by atoms with van der Waals surface area (Å²) in [6.07, 6.45) is 1.31. The van der Waals surface area contributed by atoms with Crippen LogP contribution in [-0.2, 0) is 6.54 Å². The molecule has 0 aliphatic heterocycles. The van der Waals surface area contributed by atoms with Crippen molar-refractivity contribution < 1.29 is 4.74 Å². The Morgan fingerprint density at radius 1 is 1.40 bits per heavy atom. The SMILES string of the molecule is Cc1cc(Br)cc(CNCC(C)C)c1OCCCC#N. The minimum absolute atomic E-state index is 0.538. The van der Waals surface area contributed by atoms with Crippen molar-refractivity contribution >= 4 is 15.9 Å². The van der Waals surface area contributed by atoms with Gasteiger partial charge in [-0.25, -0.2) is 0 Å². The van der Waals surface area contributed by atoms with E-state index in [2.05, 4.69) is 60.2 Å². The van der Waals surface area contributed by atoms with Crippen molar-refractivity contribution in [1.29, 1.82) is 5.26 Å². The van der Waals surface area contributed by atoms with Gasteiger partial charge >= 0.3 is 0 Å². The van der Waals surface area contributed by atoms with Crippen LogP contribution in [0.25, 0.3) is 0 Å². The lowest BCUT2D eigenvalue weighted by molar-refractivity contribution is 0.306. The zero-order chi connectivity index (χ0) is 15.0. The molecule has 1 rings (SSSR count). The Morgan fingerprint density at radius 3 is 2.80 bits per heavy atom. The molecule has 0 aromatic heterocycles. The maximum absolute atomic E-state index is 8.56.